The fraction of sp³-hybridized carbons (Fsp3) is 0.208. The predicted octanol–water partition coefficient (Wildman–Crippen LogP) is 5.34. The zero-order valence-electron chi connectivity index (χ0n) is 16.7. The Morgan fingerprint density at radius 2 is 1.71 bits per heavy atom. The van der Waals surface area contributed by atoms with Gasteiger partial charge in [0.05, 0.1) is 10.2 Å². The molecule has 1 aliphatic carbocycles. The molecule has 154 valence electrons. The Morgan fingerprint density at radius 3 is 2.48 bits per heavy atom. The number of benzene rings is 2. The molecule has 2 heterocycles. The van der Waals surface area contributed by atoms with Gasteiger partial charge in [-0.2, -0.15) is 0 Å². The van der Waals surface area contributed by atoms with Gasteiger partial charge < -0.3 is 4.74 Å². The van der Waals surface area contributed by atoms with Gasteiger partial charge in [0.2, 0.25) is 11.7 Å². The highest BCUT2D eigenvalue weighted by Gasteiger charge is 2.25. The predicted molar refractivity (Wildman–Crippen MR) is 118 cm³/mol. The van der Waals surface area contributed by atoms with Crippen LogP contribution in [-0.4, -0.2) is 26.5 Å². The molecule has 0 bridgehead atoms. The van der Waals surface area contributed by atoms with Gasteiger partial charge in [0.1, 0.15) is 17.2 Å². The maximum atomic E-state index is 12.8. The van der Waals surface area contributed by atoms with Crippen LogP contribution >= 0.6 is 11.3 Å². The van der Waals surface area contributed by atoms with Crippen LogP contribution in [0.25, 0.3) is 10.2 Å². The van der Waals surface area contributed by atoms with E-state index in [1.54, 1.807) is 36.7 Å². The summed E-state index contributed by atoms with van der Waals surface area (Å²) in [5, 5.41) is 0.470. The van der Waals surface area contributed by atoms with Gasteiger partial charge in [-0.3, -0.25) is 14.6 Å². The van der Waals surface area contributed by atoms with Gasteiger partial charge in [-0.25, -0.2) is 9.97 Å². The molecule has 0 N–H and O–H groups in total. The second-order valence-electron chi connectivity index (χ2n) is 7.50. The molecule has 6 nitrogen and oxygen atoms in total. The zero-order chi connectivity index (χ0) is 21.2. The average Bonchev–Trinajstić information content (AvgIpc) is 3.25. The van der Waals surface area contributed by atoms with E-state index in [0.29, 0.717) is 40.8 Å². The number of hydrogen-bond donors (Lipinski definition) is 0. The molecule has 4 aromatic rings. The number of carbonyl (C=O) groups excluding carboxylic acids is 2. The number of Topliss-reactive ketones (excluding diaryl/α,β-unsaturated/α-hetero) is 1. The Balaban J connectivity index is 1.34. The summed E-state index contributed by atoms with van der Waals surface area (Å²) in [5.41, 5.74) is 2.16. The SMILES string of the molecule is O=C1CCC(c2nccnc2Oc2ccc(C(=O)c3nc4ccccc4s3)cc2)CC1. The van der Waals surface area contributed by atoms with Gasteiger partial charge in [0, 0.05) is 36.7 Å². The number of para-hydroxylation sites is 1. The van der Waals surface area contributed by atoms with E-state index in [0.717, 1.165) is 28.8 Å². The largest absolute Gasteiger partial charge is 0.437 e. The highest BCUT2D eigenvalue weighted by atomic mass is 32.1. The highest BCUT2D eigenvalue weighted by molar-refractivity contribution is 7.20. The van der Waals surface area contributed by atoms with Crippen molar-refractivity contribution in [1.82, 2.24) is 15.0 Å². The quantitative estimate of drug-likeness (QED) is 0.399. The normalized spacial score (nSPS) is 14.6. The lowest BCUT2D eigenvalue weighted by Crippen LogP contribution is -2.14. The summed E-state index contributed by atoms with van der Waals surface area (Å²) in [7, 11) is 0. The van der Waals surface area contributed by atoms with Gasteiger partial charge in [0.25, 0.3) is 0 Å². The van der Waals surface area contributed by atoms with E-state index in [1.165, 1.54) is 11.3 Å². The molecular formula is C24H19N3O3S. The summed E-state index contributed by atoms with van der Waals surface area (Å²) in [6.07, 6.45) is 5.93. The fourth-order valence-electron chi connectivity index (χ4n) is 3.79. The third-order valence-electron chi connectivity index (χ3n) is 5.44. The molecular weight excluding hydrogens is 410 g/mol. The summed E-state index contributed by atoms with van der Waals surface area (Å²) < 4.78 is 6.99. The van der Waals surface area contributed by atoms with Crippen LogP contribution in [0.3, 0.4) is 0 Å². The van der Waals surface area contributed by atoms with Crippen molar-refractivity contribution in [2.45, 2.75) is 31.6 Å². The Bertz CT molecular complexity index is 1220. The molecule has 0 amide bonds. The van der Waals surface area contributed by atoms with Crippen molar-refractivity contribution in [3.63, 3.8) is 0 Å². The first kappa shape index (κ1) is 19.5. The van der Waals surface area contributed by atoms with Crippen molar-refractivity contribution in [2.75, 3.05) is 0 Å². The Kier molecular flexibility index (Phi) is 5.26. The standard InChI is InChI=1S/C24H19N3O3S/c28-17-9-5-15(6-10-17)21-23(26-14-13-25-21)30-18-11-7-16(8-12-18)22(29)24-27-19-3-1-2-4-20(19)31-24/h1-4,7-8,11-15H,5-6,9-10H2. The van der Waals surface area contributed by atoms with Crippen LogP contribution in [0.1, 0.15) is 52.7 Å². The van der Waals surface area contributed by atoms with E-state index >= 15 is 0 Å². The first-order chi connectivity index (χ1) is 15.2. The zero-order valence-corrected chi connectivity index (χ0v) is 17.5. The number of thiazole rings is 1. The molecule has 0 unspecified atom stereocenters. The molecule has 2 aromatic heterocycles. The Labute approximate surface area is 183 Å². The number of nitrogens with zero attached hydrogens (tertiary/aromatic N) is 3. The van der Waals surface area contributed by atoms with Crippen LogP contribution in [0.2, 0.25) is 0 Å². The average molecular weight is 430 g/mol. The van der Waals surface area contributed by atoms with Gasteiger partial charge in [-0.1, -0.05) is 12.1 Å². The molecule has 7 heteroatoms. The Hall–Kier alpha value is -3.45. The van der Waals surface area contributed by atoms with Gasteiger partial charge in [0.15, 0.2) is 5.01 Å². The van der Waals surface area contributed by atoms with Crippen molar-refractivity contribution in [3.8, 4) is 11.6 Å². The van der Waals surface area contributed by atoms with E-state index in [-0.39, 0.29) is 11.7 Å². The highest BCUT2D eigenvalue weighted by Crippen LogP contribution is 2.35. The topological polar surface area (TPSA) is 82.0 Å². The summed E-state index contributed by atoms with van der Waals surface area (Å²) in [4.78, 5) is 37.7. The number of carbonyl (C=O) groups is 2. The van der Waals surface area contributed by atoms with Crippen LogP contribution in [0.4, 0.5) is 0 Å². The monoisotopic (exact) mass is 429 g/mol. The molecule has 31 heavy (non-hydrogen) atoms. The third-order valence-corrected chi connectivity index (χ3v) is 6.48. The molecule has 0 atom stereocenters. The number of aromatic nitrogens is 3. The molecule has 0 aliphatic heterocycles. The van der Waals surface area contributed by atoms with Crippen molar-refractivity contribution in [2.24, 2.45) is 0 Å². The lowest BCUT2D eigenvalue weighted by atomic mass is 9.86. The molecule has 0 radical (unpaired) electrons. The second kappa shape index (κ2) is 8.35. The molecule has 1 fully saturated rings. The van der Waals surface area contributed by atoms with Crippen LogP contribution in [0.15, 0.2) is 60.9 Å². The molecule has 1 saturated carbocycles. The smallest absolute Gasteiger partial charge is 0.241 e. The van der Waals surface area contributed by atoms with Crippen LogP contribution in [0.5, 0.6) is 11.6 Å². The lowest BCUT2D eigenvalue weighted by molar-refractivity contribution is -0.120. The van der Waals surface area contributed by atoms with E-state index in [4.69, 9.17) is 4.74 Å². The minimum atomic E-state index is -0.111. The van der Waals surface area contributed by atoms with Crippen LogP contribution in [0, 0.1) is 0 Å². The maximum Gasteiger partial charge on any atom is 0.241 e. The Morgan fingerprint density at radius 1 is 0.968 bits per heavy atom. The fourth-order valence-corrected chi connectivity index (χ4v) is 4.71. The first-order valence-electron chi connectivity index (χ1n) is 10.2. The van der Waals surface area contributed by atoms with Crippen molar-refractivity contribution >= 4 is 33.1 Å². The lowest BCUT2D eigenvalue weighted by Gasteiger charge is -2.21. The summed E-state index contributed by atoms with van der Waals surface area (Å²) in [5.74, 6) is 1.39. The number of ether oxygens (including phenoxy) is 1. The molecule has 0 spiro atoms. The van der Waals surface area contributed by atoms with Crippen LogP contribution in [-0.2, 0) is 4.79 Å². The molecule has 2 aromatic carbocycles. The van der Waals surface area contributed by atoms with E-state index in [1.807, 2.05) is 24.3 Å². The molecule has 5 rings (SSSR count). The summed E-state index contributed by atoms with van der Waals surface area (Å²) in [6, 6.07) is 14.7. The van der Waals surface area contributed by atoms with E-state index in [9.17, 15) is 9.59 Å². The van der Waals surface area contributed by atoms with Crippen LogP contribution < -0.4 is 4.74 Å². The number of ketones is 2. The second-order valence-corrected chi connectivity index (χ2v) is 8.53. The minimum Gasteiger partial charge on any atom is -0.437 e. The first-order valence-corrected chi connectivity index (χ1v) is 11.0. The molecule has 1 aliphatic rings. The van der Waals surface area contributed by atoms with Crippen molar-refractivity contribution < 1.29 is 14.3 Å². The minimum absolute atomic E-state index is 0.111. The van der Waals surface area contributed by atoms with Crippen molar-refractivity contribution in [1.29, 1.82) is 0 Å². The molecule has 0 saturated heterocycles. The summed E-state index contributed by atoms with van der Waals surface area (Å²) >= 11 is 1.39. The van der Waals surface area contributed by atoms with Gasteiger partial charge in [-0.15, -0.1) is 11.3 Å². The third kappa shape index (κ3) is 4.09. The number of fused-ring (bicyclic) bond motifs is 1. The maximum absolute atomic E-state index is 12.8. The summed E-state index contributed by atoms with van der Waals surface area (Å²) in [6.45, 7) is 0. The number of rotatable bonds is 5. The van der Waals surface area contributed by atoms with Gasteiger partial charge in [-0.05, 0) is 49.2 Å². The van der Waals surface area contributed by atoms with Crippen molar-refractivity contribution in [3.05, 3.63) is 77.2 Å². The van der Waals surface area contributed by atoms with Gasteiger partial charge >= 0.3 is 0 Å². The van der Waals surface area contributed by atoms with E-state index < -0.39 is 0 Å². The van der Waals surface area contributed by atoms with E-state index in [2.05, 4.69) is 15.0 Å². The number of hydrogen-bond acceptors (Lipinski definition) is 7.